The summed E-state index contributed by atoms with van der Waals surface area (Å²) >= 11 is 10.4. The number of nitrogens with one attached hydrogen (secondary N) is 5. The van der Waals surface area contributed by atoms with Gasteiger partial charge in [0, 0.05) is 23.8 Å². The topological polar surface area (TPSA) is 120 Å². The molecule has 3 rings (SSSR count). The van der Waals surface area contributed by atoms with E-state index in [9.17, 15) is 8.42 Å². The van der Waals surface area contributed by atoms with Crippen LogP contribution in [-0.4, -0.2) is 28.6 Å². The summed E-state index contributed by atoms with van der Waals surface area (Å²) in [7, 11) is -3.80. The first-order chi connectivity index (χ1) is 14.4. The summed E-state index contributed by atoms with van der Waals surface area (Å²) in [4.78, 5) is 7.75. The van der Waals surface area contributed by atoms with Crippen LogP contribution < -0.4 is 26.2 Å². The highest BCUT2D eigenvalue weighted by atomic mass is 32.2. The predicted molar refractivity (Wildman–Crippen MR) is 124 cm³/mol. The highest BCUT2D eigenvalue weighted by Gasteiger charge is 2.15. The molecule has 1 heterocycles. The maximum absolute atomic E-state index is 12.4. The van der Waals surface area contributed by atoms with Crippen LogP contribution in [0.3, 0.4) is 0 Å². The Bertz CT molecular complexity index is 1110. The molecule has 0 radical (unpaired) electrons. The Morgan fingerprint density at radius 1 is 0.733 bits per heavy atom. The first-order valence-electron chi connectivity index (χ1n) is 8.51. The molecule has 2 aromatic carbocycles. The van der Waals surface area contributed by atoms with Gasteiger partial charge in [-0.3, -0.25) is 10.9 Å². The number of hydrogen-bond acceptors (Lipinski definition) is 6. The van der Waals surface area contributed by atoms with E-state index in [4.69, 9.17) is 24.4 Å². The molecule has 0 amide bonds. The average molecular weight is 460 g/mol. The second kappa shape index (κ2) is 9.91. The van der Waals surface area contributed by atoms with Crippen molar-refractivity contribution in [3.8, 4) is 0 Å². The van der Waals surface area contributed by atoms with E-state index in [-0.39, 0.29) is 16.0 Å². The zero-order chi connectivity index (χ0) is 21.4. The average Bonchev–Trinajstić information content (AvgIpc) is 2.74. The Balaban J connectivity index is 1.51. The van der Waals surface area contributed by atoms with Gasteiger partial charge in [-0.15, -0.1) is 0 Å². The number of sulfonamides is 1. The molecule has 0 atom stereocenters. The third kappa shape index (κ3) is 6.34. The van der Waals surface area contributed by atoms with Crippen molar-refractivity contribution >= 4 is 62.0 Å². The lowest BCUT2D eigenvalue weighted by atomic mass is 10.3. The van der Waals surface area contributed by atoms with Gasteiger partial charge in [0.05, 0.1) is 4.90 Å². The standard InChI is InChI=1S/C18H17N7O2S3/c26-30(27,25-16-19-11-4-12-20-16)15-9-7-14(8-10-15)22-18(29)24-23-17(28)21-13-5-2-1-3-6-13/h1-12H,(H,19,20,25)(H2,21,23,28)(H2,22,24,29). The van der Waals surface area contributed by atoms with Gasteiger partial charge in [-0.05, 0) is 66.9 Å². The number of para-hydroxylation sites is 1. The molecule has 154 valence electrons. The summed E-state index contributed by atoms with van der Waals surface area (Å²) in [6, 6.07) is 17.0. The fourth-order valence-corrected chi connectivity index (χ4v) is 3.50. The molecule has 3 aromatic rings. The molecular weight excluding hydrogens is 442 g/mol. The van der Waals surface area contributed by atoms with Gasteiger partial charge in [-0.25, -0.2) is 23.1 Å². The number of aromatic nitrogens is 2. The zero-order valence-electron chi connectivity index (χ0n) is 15.4. The molecule has 12 heteroatoms. The number of anilines is 3. The zero-order valence-corrected chi connectivity index (χ0v) is 17.8. The molecule has 30 heavy (non-hydrogen) atoms. The van der Waals surface area contributed by atoms with Crippen molar-refractivity contribution in [2.75, 3.05) is 15.4 Å². The van der Waals surface area contributed by atoms with Gasteiger partial charge in [-0.2, -0.15) is 0 Å². The molecule has 0 bridgehead atoms. The molecule has 0 spiro atoms. The maximum atomic E-state index is 12.4. The van der Waals surface area contributed by atoms with Crippen LogP contribution in [0.4, 0.5) is 17.3 Å². The minimum absolute atomic E-state index is 0.00349. The molecule has 0 fully saturated rings. The number of thiocarbonyl (C=S) groups is 2. The lowest BCUT2D eigenvalue weighted by Crippen LogP contribution is -2.45. The summed E-state index contributed by atoms with van der Waals surface area (Å²) in [5, 5.41) is 6.49. The molecule has 0 unspecified atom stereocenters. The predicted octanol–water partition coefficient (Wildman–Crippen LogP) is 2.47. The summed E-state index contributed by atoms with van der Waals surface area (Å²) in [6.07, 6.45) is 2.89. The molecule has 0 aliphatic rings. The Hall–Kier alpha value is -3.35. The largest absolute Gasteiger partial charge is 0.331 e. The van der Waals surface area contributed by atoms with Crippen molar-refractivity contribution < 1.29 is 8.42 Å². The van der Waals surface area contributed by atoms with E-state index in [1.165, 1.54) is 24.5 Å². The lowest BCUT2D eigenvalue weighted by Gasteiger charge is -2.14. The Kier molecular flexibility index (Phi) is 7.06. The van der Waals surface area contributed by atoms with Gasteiger partial charge in [0.15, 0.2) is 10.2 Å². The van der Waals surface area contributed by atoms with Crippen molar-refractivity contribution in [2.45, 2.75) is 4.90 Å². The van der Waals surface area contributed by atoms with Gasteiger partial charge < -0.3 is 10.6 Å². The molecule has 0 saturated carbocycles. The molecule has 0 aliphatic carbocycles. The van der Waals surface area contributed by atoms with E-state index in [1.807, 2.05) is 30.3 Å². The summed E-state index contributed by atoms with van der Waals surface area (Å²) in [5.74, 6) is -0.00349. The molecule has 9 nitrogen and oxygen atoms in total. The number of benzene rings is 2. The van der Waals surface area contributed by atoms with Gasteiger partial charge in [-0.1, -0.05) is 18.2 Å². The van der Waals surface area contributed by atoms with Crippen molar-refractivity contribution in [1.82, 2.24) is 20.8 Å². The SMILES string of the molecule is O=S(=O)(Nc1ncccn1)c1ccc(NC(=S)NNC(=S)Nc2ccccc2)cc1. The van der Waals surface area contributed by atoms with Crippen LogP contribution in [0.5, 0.6) is 0 Å². The summed E-state index contributed by atoms with van der Waals surface area (Å²) < 4.78 is 27.1. The first-order valence-corrected chi connectivity index (χ1v) is 10.8. The fourth-order valence-electron chi connectivity index (χ4n) is 2.21. The second-order valence-electron chi connectivity index (χ2n) is 5.73. The van der Waals surface area contributed by atoms with Crippen LogP contribution in [0.2, 0.25) is 0 Å². The fraction of sp³-hybridized carbons (Fsp3) is 0. The molecular formula is C18H17N7O2S3. The molecule has 0 saturated heterocycles. The van der Waals surface area contributed by atoms with E-state index in [0.717, 1.165) is 5.69 Å². The highest BCUT2D eigenvalue weighted by Crippen LogP contribution is 2.16. The lowest BCUT2D eigenvalue weighted by molar-refractivity contribution is 0.601. The van der Waals surface area contributed by atoms with Crippen LogP contribution in [0.25, 0.3) is 0 Å². The summed E-state index contributed by atoms with van der Waals surface area (Å²) in [6.45, 7) is 0. The van der Waals surface area contributed by atoms with Gasteiger partial charge in [0.1, 0.15) is 0 Å². The first kappa shape index (κ1) is 21.4. The third-order valence-corrected chi connectivity index (χ3v) is 5.29. The van der Waals surface area contributed by atoms with Crippen molar-refractivity contribution in [2.24, 2.45) is 0 Å². The Morgan fingerprint density at radius 2 is 1.27 bits per heavy atom. The monoisotopic (exact) mass is 459 g/mol. The second-order valence-corrected chi connectivity index (χ2v) is 8.23. The molecule has 0 aliphatic heterocycles. The minimum Gasteiger partial charge on any atom is -0.331 e. The van der Waals surface area contributed by atoms with Crippen LogP contribution >= 0.6 is 24.4 Å². The smallest absolute Gasteiger partial charge is 0.264 e. The van der Waals surface area contributed by atoms with Gasteiger partial charge in [0.2, 0.25) is 5.95 Å². The van der Waals surface area contributed by atoms with Crippen LogP contribution in [0.15, 0.2) is 78.0 Å². The third-order valence-electron chi connectivity index (χ3n) is 3.54. The minimum atomic E-state index is -3.80. The van der Waals surface area contributed by atoms with Crippen LogP contribution in [-0.2, 0) is 10.0 Å². The summed E-state index contributed by atoms with van der Waals surface area (Å²) in [5.41, 5.74) is 6.93. The van der Waals surface area contributed by atoms with Gasteiger partial charge >= 0.3 is 0 Å². The van der Waals surface area contributed by atoms with Crippen molar-refractivity contribution in [1.29, 1.82) is 0 Å². The van der Waals surface area contributed by atoms with E-state index >= 15 is 0 Å². The number of nitrogens with zero attached hydrogens (tertiary/aromatic N) is 2. The van der Waals surface area contributed by atoms with E-state index < -0.39 is 10.0 Å². The van der Waals surface area contributed by atoms with Crippen molar-refractivity contribution in [3.05, 3.63) is 73.1 Å². The van der Waals surface area contributed by atoms with Crippen molar-refractivity contribution in [3.63, 3.8) is 0 Å². The van der Waals surface area contributed by atoms with E-state index in [1.54, 1.807) is 18.2 Å². The normalized spacial score (nSPS) is 10.5. The Morgan fingerprint density at radius 3 is 1.83 bits per heavy atom. The van der Waals surface area contributed by atoms with Crippen LogP contribution in [0, 0.1) is 0 Å². The van der Waals surface area contributed by atoms with E-state index in [2.05, 4.69) is 36.2 Å². The van der Waals surface area contributed by atoms with Crippen LogP contribution in [0.1, 0.15) is 0 Å². The van der Waals surface area contributed by atoms with Gasteiger partial charge in [0.25, 0.3) is 10.0 Å². The Labute approximate surface area is 184 Å². The molecule has 1 aromatic heterocycles. The van der Waals surface area contributed by atoms with E-state index in [0.29, 0.717) is 10.8 Å². The quantitative estimate of drug-likeness (QED) is 0.287. The number of hydrazine groups is 1. The highest BCUT2D eigenvalue weighted by molar-refractivity contribution is 7.92. The number of rotatable bonds is 5. The number of hydrogen-bond donors (Lipinski definition) is 5. The molecule has 5 N–H and O–H groups in total. The maximum Gasteiger partial charge on any atom is 0.264 e.